The third-order valence-electron chi connectivity index (χ3n) is 3.85. The van der Waals surface area contributed by atoms with Crippen molar-refractivity contribution in [2.75, 3.05) is 13.1 Å². The van der Waals surface area contributed by atoms with Gasteiger partial charge in [0.15, 0.2) is 0 Å². The van der Waals surface area contributed by atoms with Crippen molar-refractivity contribution < 1.29 is 9.53 Å². The maximum absolute atomic E-state index is 12.6. The molecule has 1 aromatic carbocycles. The highest BCUT2D eigenvalue weighted by molar-refractivity contribution is 7.13. The maximum Gasteiger partial charge on any atom is 0.273 e. The second-order valence-electron chi connectivity index (χ2n) is 5.48. The number of carbonyl (C=O) groups is 1. The summed E-state index contributed by atoms with van der Waals surface area (Å²) in [6, 6.07) is 9.91. The largest absolute Gasteiger partial charge is 0.465 e. The van der Waals surface area contributed by atoms with Gasteiger partial charge in [-0.25, -0.2) is 9.97 Å². The molecule has 1 aliphatic rings. The summed E-state index contributed by atoms with van der Waals surface area (Å²) >= 11 is 2.97. The monoisotopic (exact) mass is 357 g/mol. The van der Waals surface area contributed by atoms with Crippen molar-refractivity contribution in [3.8, 4) is 15.8 Å². The molecule has 0 saturated carbocycles. The molecule has 2 aromatic heterocycles. The van der Waals surface area contributed by atoms with Crippen molar-refractivity contribution in [2.45, 2.75) is 12.5 Å². The summed E-state index contributed by atoms with van der Waals surface area (Å²) < 4.78 is 5.80. The third kappa shape index (κ3) is 3.18. The number of aromatic nitrogens is 2. The van der Waals surface area contributed by atoms with Crippen LogP contribution in [0.4, 0.5) is 0 Å². The molecule has 0 N–H and O–H groups in total. The molecule has 1 unspecified atom stereocenters. The van der Waals surface area contributed by atoms with Crippen LogP contribution in [0.1, 0.15) is 16.9 Å². The molecule has 1 saturated heterocycles. The van der Waals surface area contributed by atoms with Crippen molar-refractivity contribution >= 4 is 28.6 Å². The van der Waals surface area contributed by atoms with E-state index < -0.39 is 0 Å². The van der Waals surface area contributed by atoms with Crippen LogP contribution in [-0.4, -0.2) is 40.0 Å². The molecule has 24 heavy (non-hydrogen) atoms. The fraction of sp³-hybridized carbons (Fsp3) is 0.235. The van der Waals surface area contributed by atoms with Gasteiger partial charge in [-0.3, -0.25) is 4.79 Å². The van der Waals surface area contributed by atoms with E-state index in [1.165, 1.54) is 22.7 Å². The van der Waals surface area contributed by atoms with E-state index in [0.717, 1.165) is 17.0 Å². The Morgan fingerprint density at radius 3 is 2.92 bits per heavy atom. The third-order valence-corrected chi connectivity index (χ3v) is 5.41. The Morgan fingerprint density at radius 2 is 2.12 bits per heavy atom. The Kier molecular flexibility index (Phi) is 4.27. The van der Waals surface area contributed by atoms with Crippen LogP contribution in [0.25, 0.3) is 10.6 Å². The van der Waals surface area contributed by atoms with Crippen LogP contribution in [0.2, 0.25) is 0 Å². The van der Waals surface area contributed by atoms with Gasteiger partial charge in [-0.1, -0.05) is 41.7 Å². The lowest BCUT2D eigenvalue weighted by atomic mass is 10.2. The number of rotatable bonds is 4. The molecule has 0 aliphatic carbocycles. The van der Waals surface area contributed by atoms with Crippen LogP contribution in [0.15, 0.2) is 47.3 Å². The molecule has 122 valence electrons. The fourth-order valence-electron chi connectivity index (χ4n) is 2.67. The van der Waals surface area contributed by atoms with Gasteiger partial charge in [0.25, 0.3) is 11.1 Å². The summed E-state index contributed by atoms with van der Waals surface area (Å²) in [7, 11) is 0. The lowest BCUT2D eigenvalue weighted by Crippen LogP contribution is -2.31. The topological polar surface area (TPSA) is 55.3 Å². The smallest absolute Gasteiger partial charge is 0.273 e. The first-order valence-corrected chi connectivity index (χ1v) is 9.42. The van der Waals surface area contributed by atoms with Gasteiger partial charge in [0, 0.05) is 35.5 Å². The van der Waals surface area contributed by atoms with Gasteiger partial charge < -0.3 is 9.64 Å². The summed E-state index contributed by atoms with van der Waals surface area (Å²) in [4.78, 5) is 23.1. The number of amides is 1. The Bertz CT molecular complexity index is 818. The van der Waals surface area contributed by atoms with E-state index in [1.54, 1.807) is 6.20 Å². The highest BCUT2D eigenvalue weighted by Gasteiger charge is 2.30. The zero-order chi connectivity index (χ0) is 16.4. The van der Waals surface area contributed by atoms with E-state index in [0.29, 0.717) is 24.0 Å². The zero-order valence-electron chi connectivity index (χ0n) is 12.8. The molecule has 1 atom stereocenters. The van der Waals surface area contributed by atoms with Gasteiger partial charge in [-0.15, -0.1) is 11.3 Å². The van der Waals surface area contributed by atoms with E-state index in [9.17, 15) is 4.79 Å². The molecule has 5 nitrogen and oxygen atoms in total. The average molecular weight is 357 g/mol. The average Bonchev–Trinajstić information content (AvgIpc) is 3.37. The van der Waals surface area contributed by atoms with Crippen LogP contribution >= 0.6 is 22.7 Å². The second-order valence-corrected chi connectivity index (χ2v) is 7.20. The number of thiazole rings is 2. The molecule has 3 heterocycles. The minimum atomic E-state index is -0.0290. The number of hydrogen-bond acceptors (Lipinski definition) is 6. The van der Waals surface area contributed by atoms with E-state index in [2.05, 4.69) is 9.97 Å². The molecule has 3 aromatic rings. The lowest BCUT2D eigenvalue weighted by Gasteiger charge is -2.15. The van der Waals surface area contributed by atoms with E-state index in [1.807, 2.05) is 46.0 Å². The van der Waals surface area contributed by atoms with Gasteiger partial charge in [-0.2, -0.15) is 0 Å². The number of nitrogens with zero attached hydrogens (tertiary/aromatic N) is 3. The van der Waals surface area contributed by atoms with Crippen LogP contribution < -0.4 is 4.74 Å². The molecule has 0 radical (unpaired) electrons. The summed E-state index contributed by atoms with van der Waals surface area (Å²) in [5.74, 6) is -0.0290. The molecule has 0 spiro atoms. The molecule has 7 heteroatoms. The zero-order valence-corrected chi connectivity index (χ0v) is 14.4. The summed E-state index contributed by atoms with van der Waals surface area (Å²) in [5.41, 5.74) is 1.54. The first kappa shape index (κ1) is 15.3. The van der Waals surface area contributed by atoms with Crippen molar-refractivity contribution in [3.05, 3.63) is 53.0 Å². The van der Waals surface area contributed by atoms with E-state index >= 15 is 0 Å². The summed E-state index contributed by atoms with van der Waals surface area (Å²) in [6.07, 6.45) is 2.55. The van der Waals surface area contributed by atoms with Gasteiger partial charge in [-0.05, 0) is 0 Å². The standard InChI is InChI=1S/C17H15N3O2S2/c21-16(14-11-24-15(19-14)12-4-2-1-3-5-12)20-8-6-13(10-20)22-17-18-7-9-23-17/h1-5,7,9,11,13H,6,8,10H2. The van der Waals surface area contributed by atoms with Crippen molar-refractivity contribution in [1.82, 2.24) is 14.9 Å². The quantitative estimate of drug-likeness (QED) is 0.716. The first-order chi connectivity index (χ1) is 11.8. The van der Waals surface area contributed by atoms with Crippen molar-refractivity contribution in [1.29, 1.82) is 0 Å². The molecule has 4 rings (SSSR count). The van der Waals surface area contributed by atoms with Crippen LogP contribution in [0, 0.1) is 0 Å². The van der Waals surface area contributed by atoms with E-state index in [4.69, 9.17) is 4.74 Å². The van der Waals surface area contributed by atoms with Gasteiger partial charge in [0.05, 0.1) is 6.54 Å². The molecular weight excluding hydrogens is 342 g/mol. The Hall–Kier alpha value is -2.25. The molecular formula is C17H15N3O2S2. The number of benzene rings is 1. The predicted octanol–water partition coefficient (Wildman–Crippen LogP) is 3.56. The Balaban J connectivity index is 1.42. The number of hydrogen-bond donors (Lipinski definition) is 0. The first-order valence-electron chi connectivity index (χ1n) is 7.66. The van der Waals surface area contributed by atoms with Gasteiger partial charge in [0.2, 0.25) is 0 Å². The minimum absolute atomic E-state index is 0.00679. The lowest BCUT2D eigenvalue weighted by molar-refractivity contribution is 0.0767. The van der Waals surface area contributed by atoms with Crippen LogP contribution in [0.5, 0.6) is 5.19 Å². The number of ether oxygens (including phenoxy) is 1. The summed E-state index contributed by atoms with van der Waals surface area (Å²) in [6.45, 7) is 1.27. The fourth-order valence-corrected chi connectivity index (χ4v) is 4.02. The molecule has 0 bridgehead atoms. The van der Waals surface area contributed by atoms with E-state index in [-0.39, 0.29) is 12.0 Å². The number of likely N-dealkylation sites (tertiary alicyclic amines) is 1. The minimum Gasteiger partial charge on any atom is -0.465 e. The molecule has 1 fully saturated rings. The highest BCUT2D eigenvalue weighted by atomic mass is 32.1. The van der Waals surface area contributed by atoms with Gasteiger partial charge in [0.1, 0.15) is 16.8 Å². The van der Waals surface area contributed by atoms with Crippen LogP contribution in [-0.2, 0) is 0 Å². The van der Waals surface area contributed by atoms with Gasteiger partial charge >= 0.3 is 0 Å². The highest BCUT2D eigenvalue weighted by Crippen LogP contribution is 2.25. The van der Waals surface area contributed by atoms with Crippen LogP contribution in [0.3, 0.4) is 0 Å². The van der Waals surface area contributed by atoms with Crippen molar-refractivity contribution in [2.24, 2.45) is 0 Å². The predicted molar refractivity (Wildman–Crippen MR) is 94.6 cm³/mol. The van der Waals surface area contributed by atoms with Crippen molar-refractivity contribution in [3.63, 3.8) is 0 Å². The Morgan fingerprint density at radius 1 is 1.25 bits per heavy atom. The molecule has 1 aliphatic heterocycles. The normalized spacial score (nSPS) is 17.2. The second kappa shape index (κ2) is 6.70. The summed E-state index contributed by atoms with van der Waals surface area (Å²) in [5, 5.41) is 5.25. The Labute approximate surface area is 147 Å². The maximum atomic E-state index is 12.6. The number of carbonyl (C=O) groups excluding carboxylic acids is 1. The molecule has 1 amide bonds. The SMILES string of the molecule is O=C(c1csc(-c2ccccc2)n1)N1CCC(Oc2nccs2)C1.